The molecule has 0 aromatic carbocycles. The minimum Gasteiger partial charge on any atom is -0.756 e. The first-order valence-corrected chi connectivity index (χ1v) is 22.3. The van der Waals surface area contributed by atoms with Gasteiger partial charge in [-0.3, -0.25) is 14.2 Å². The second kappa shape index (κ2) is 35.7. The summed E-state index contributed by atoms with van der Waals surface area (Å²) in [6, 6.07) is 0. The second-order valence-electron chi connectivity index (χ2n) is 15.0. The fraction of sp³-hybridized carbons (Fsp3) is 0.767. The molecule has 0 rings (SSSR count). The van der Waals surface area contributed by atoms with Gasteiger partial charge in [0.05, 0.1) is 27.7 Å². The van der Waals surface area contributed by atoms with Crippen molar-refractivity contribution in [1.29, 1.82) is 0 Å². The zero-order chi connectivity index (χ0) is 39.3. The number of likely N-dealkylation sites (N-methyl/N-ethyl adjacent to an activating group) is 1. The van der Waals surface area contributed by atoms with Crippen molar-refractivity contribution in [3.05, 3.63) is 48.6 Å². The van der Waals surface area contributed by atoms with Crippen molar-refractivity contribution in [2.45, 2.75) is 168 Å². The number of carbonyl (C=O) groups excluding carboxylic acids is 2. The smallest absolute Gasteiger partial charge is 0.306 e. The molecule has 308 valence electrons. The molecule has 0 aromatic heterocycles. The Morgan fingerprint density at radius 3 is 1.57 bits per heavy atom. The van der Waals surface area contributed by atoms with E-state index in [2.05, 4.69) is 62.5 Å². The van der Waals surface area contributed by atoms with Crippen LogP contribution in [0.25, 0.3) is 0 Å². The Hall–Kier alpha value is -2.03. The number of hydrogen-bond acceptors (Lipinski definition) is 8. The zero-order valence-electron chi connectivity index (χ0n) is 34.4. The first-order valence-electron chi connectivity index (χ1n) is 20.8. The van der Waals surface area contributed by atoms with Gasteiger partial charge in [0.2, 0.25) is 0 Å². The topological polar surface area (TPSA) is 111 Å². The first kappa shape index (κ1) is 51.0. The number of nitrogens with zero attached hydrogens (tertiary/aromatic N) is 1. The molecule has 0 aliphatic heterocycles. The van der Waals surface area contributed by atoms with Crippen molar-refractivity contribution >= 4 is 19.8 Å². The van der Waals surface area contributed by atoms with E-state index in [1.165, 1.54) is 38.5 Å². The van der Waals surface area contributed by atoms with Crippen LogP contribution in [0.4, 0.5) is 0 Å². The Bertz CT molecular complexity index is 1050. The van der Waals surface area contributed by atoms with Gasteiger partial charge in [0, 0.05) is 12.8 Å². The number of quaternary nitrogens is 1. The maximum absolute atomic E-state index is 12.6. The van der Waals surface area contributed by atoms with Gasteiger partial charge in [-0.25, -0.2) is 0 Å². The summed E-state index contributed by atoms with van der Waals surface area (Å²) in [5, 5.41) is 0. The molecule has 0 aliphatic carbocycles. The van der Waals surface area contributed by atoms with Crippen molar-refractivity contribution in [2.75, 3.05) is 47.5 Å². The molecule has 2 unspecified atom stereocenters. The minimum atomic E-state index is -4.63. The lowest BCUT2D eigenvalue weighted by molar-refractivity contribution is -0.870. The highest BCUT2D eigenvalue weighted by Gasteiger charge is 2.21. The van der Waals surface area contributed by atoms with E-state index in [1.807, 2.05) is 21.1 Å². The Balaban J connectivity index is 4.45. The Morgan fingerprint density at radius 1 is 0.585 bits per heavy atom. The number of carbonyl (C=O) groups is 2. The third-order valence-electron chi connectivity index (χ3n) is 8.55. The number of ether oxygens (including phenoxy) is 2. The van der Waals surface area contributed by atoms with Crippen LogP contribution < -0.4 is 4.89 Å². The molecule has 0 aliphatic rings. The van der Waals surface area contributed by atoms with Crippen LogP contribution in [-0.4, -0.2) is 70.0 Å². The van der Waals surface area contributed by atoms with Crippen LogP contribution in [0.2, 0.25) is 0 Å². The van der Waals surface area contributed by atoms with Crippen molar-refractivity contribution < 1.29 is 42.1 Å². The van der Waals surface area contributed by atoms with Gasteiger partial charge in [-0.05, 0) is 70.6 Å². The first-order chi connectivity index (χ1) is 25.5. The molecule has 0 heterocycles. The maximum Gasteiger partial charge on any atom is 0.306 e. The summed E-state index contributed by atoms with van der Waals surface area (Å²) in [6.45, 7) is 4.09. The normalized spacial score (nSPS) is 14.2. The van der Waals surface area contributed by atoms with Crippen molar-refractivity contribution in [2.24, 2.45) is 0 Å². The molecule has 53 heavy (non-hydrogen) atoms. The average molecular weight is 768 g/mol. The number of hydrogen-bond donors (Lipinski definition) is 0. The zero-order valence-corrected chi connectivity index (χ0v) is 35.3. The molecule has 0 radical (unpaired) electrons. The third-order valence-corrected chi connectivity index (χ3v) is 9.52. The monoisotopic (exact) mass is 768 g/mol. The van der Waals surface area contributed by atoms with E-state index in [1.54, 1.807) is 0 Å². The van der Waals surface area contributed by atoms with E-state index in [0.29, 0.717) is 23.9 Å². The van der Waals surface area contributed by atoms with Crippen LogP contribution >= 0.6 is 7.82 Å². The van der Waals surface area contributed by atoms with Crippen LogP contribution in [0.1, 0.15) is 162 Å². The minimum absolute atomic E-state index is 0.0377. The number of phosphoric acid groups is 1. The van der Waals surface area contributed by atoms with E-state index in [-0.39, 0.29) is 26.1 Å². The number of unbranched alkanes of at least 4 members (excludes halogenated alkanes) is 15. The number of rotatable bonds is 37. The summed E-state index contributed by atoms with van der Waals surface area (Å²) in [7, 11) is 1.14. The molecule has 0 bridgehead atoms. The van der Waals surface area contributed by atoms with Gasteiger partial charge in [-0.1, -0.05) is 127 Å². The molecular weight excluding hydrogens is 689 g/mol. The predicted molar refractivity (Wildman–Crippen MR) is 217 cm³/mol. The number of esters is 2. The molecule has 0 saturated carbocycles. The van der Waals surface area contributed by atoms with Gasteiger partial charge in [0.1, 0.15) is 19.8 Å². The predicted octanol–water partition coefficient (Wildman–Crippen LogP) is 10.9. The highest BCUT2D eigenvalue weighted by atomic mass is 31.2. The molecule has 0 aromatic rings. The maximum atomic E-state index is 12.6. The fourth-order valence-corrected chi connectivity index (χ4v) is 5.98. The number of phosphoric ester groups is 1. The van der Waals surface area contributed by atoms with Gasteiger partial charge in [-0.2, -0.15) is 0 Å². The highest BCUT2D eigenvalue weighted by molar-refractivity contribution is 7.45. The summed E-state index contributed by atoms with van der Waals surface area (Å²) >= 11 is 0. The lowest BCUT2D eigenvalue weighted by atomic mass is 10.1. The van der Waals surface area contributed by atoms with Gasteiger partial charge < -0.3 is 27.9 Å². The Morgan fingerprint density at radius 2 is 1.06 bits per heavy atom. The lowest BCUT2D eigenvalue weighted by Crippen LogP contribution is -2.37. The molecule has 0 fully saturated rings. The van der Waals surface area contributed by atoms with E-state index >= 15 is 0 Å². The van der Waals surface area contributed by atoms with Gasteiger partial charge >= 0.3 is 11.9 Å². The molecule has 9 nitrogen and oxygen atoms in total. The van der Waals surface area contributed by atoms with Crippen LogP contribution in [0.15, 0.2) is 48.6 Å². The molecule has 0 amide bonds. The van der Waals surface area contributed by atoms with Crippen LogP contribution in [0.5, 0.6) is 0 Å². The van der Waals surface area contributed by atoms with Crippen LogP contribution in [-0.2, 0) is 32.7 Å². The van der Waals surface area contributed by atoms with Crippen molar-refractivity contribution in [1.82, 2.24) is 0 Å². The third kappa shape index (κ3) is 39.5. The SMILES string of the molecule is CCC/C=C\C/C=C\CCCCCCCC(=O)OCC(COP(=O)([O-])OCC[N+](C)(C)C)OC(=O)CCCCCCC/C=C\C/C=C\CCCCCC. The van der Waals surface area contributed by atoms with Crippen LogP contribution in [0.3, 0.4) is 0 Å². The summed E-state index contributed by atoms with van der Waals surface area (Å²) in [5.41, 5.74) is 0. The number of allylic oxidation sites excluding steroid dienone is 8. The van der Waals surface area contributed by atoms with E-state index in [9.17, 15) is 19.0 Å². The highest BCUT2D eigenvalue weighted by Crippen LogP contribution is 2.38. The standard InChI is InChI=1S/C43H78NO8P/c1-6-8-10-12-14-16-18-20-21-22-24-26-28-30-32-34-36-43(46)52-41(40-51-53(47,48)50-38-37-44(3,4)5)39-49-42(45)35-33-31-29-27-25-23-19-17-15-13-11-9-7-2/h11,13,16-19,21-22,41H,6-10,12,14-15,20,23-40H2,1-5H3/b13-11-,18-16-,19-17-,22-21-. The lowest BCUT2D eigenvalue weighted by Gasteiger charge is -2.28. The Kier molecular flexibility index (Phi) is 34.3. The van der Waals surface area contributed by atoms with E-state index in [0.717, 1.165) is 83.5 Å². The fourth-order valence-electron chi connectivity index (χ4n) is 5.25. The summed E-state index contributed by atoms with van der Waals surface area (Å²) < 4.78 is 33.8. The van der Waals surface area contributed by atoms with Crippen molar-refractivity contribution in [3.8, 4) is 0 Å². The van der Waals surface area contributed by atoms with E-state index in [4.69, 9.17) is 18.5 Å². The molecular formula is C43H78NO8P. The van der Waals surface area contributed by atoms with Crippen molar-refractivity contribution in [3.63, 3.8) is 0 Å². The molecule has 0 spiro atoms. The molecule has 0 saturated heterocycles. The second-order valence-corrected chi connectivity index (χ2v) is 16.4. The van der Waals surface area contributed by atoms with Gasteiger partial charge in [0.25, 0.3) is 7.82 Å². The van der Waals surface area contributed by atoms with Crippen LogP contribution in [0, 0.1) is 0 Å². The Labute approximate surface area is 324 Å². The van der Waals surface area contributed by atoms with Gasteiger partial charge in [0.15, 0.2) is 6.10 Å². The van der Waals surface area contributed by atoms with Gasteiger partial charge in [-0.15, -0.1) is 0 Å². The summed E-state index contributed by atoms with van der Waals surface area (Å²) in [4.78, 5) is 37.4. The summed E-state index contributed by atoms with van der Waals surface area (Å²) in [6.07, 6.45) is 39.9. The molecule has 0 N–H and O–H groups in total. The van der Waals surface area contributed by atoms with E-state index < -0.39 is 32.5 Å². The average Bonchev–Trinajstić information content (AvgIpc) is 3.10. The molecule has 10 heteroatoms. The molecule has 2 atom stereocenters. The summed E-state index contributed by atoms with van der Waals surface area (Å²) in [5.74, 6) is -0.871. The largest absolute Gasteiger partial charge is 0.756 e. The quantitative estimate of drug-likeness (QED) is 0.0202.